The van der Waals surface area contributed by atoms with Gasteiger partial charge in [-0.1, -0.05) is 24.3 Å². The molecule has 0 atom stereocenters. The zero-order chi connectivity index (χ0) is 20.7. The first-order valence-corrected chi connectivity index (χ1v) is 8.19. The summed E-state index contributed by atoms with van der Waals surface area (Å²) in [6.07, 6.45) is -2.40. The van der Waals surface area contributed by atoms with Crippen LogP contribution in [0.5, 0.6) is 0 Å². The average molecular weight is 395 g/mol. The minimum atomic E-state index is -4.48. The maximum atomic E-state index is 13.4. The van der Waals surface area contributed by atoms with Crippen LogP contribution in [0.25, 0.3) is 6.08 Å². The molecule has 2 aromatic rings. The molecule has 4 nitrogen and oxygen atoms in total. The van der Waals surface area contributed by atoms with Crippen molar-refractivity contribution in [3.63, 3.8) is 0 Å². The third-order valence-corrected chi connectivity index (χ3v) is 3.70. The minimum absolute atomic E-state index is 0.0632. The van der Waals surface area contributed by atoms with Crippen molar-refractivity contribution >= 4 is 18.0 Å². The van der Waals surface area contributed by atoms with Crippen molar-refractivity contribution < 1.29 is 31.9 Å². The summed E-state index contributed by atoms with van der Waals surface area (Å²) in [5.41, 5.74) is 0.358. The number of hydrogen-bond acceptors (Lipinski definition) is 3. The summed E-state index contributed by atoms with van der Waals surface area (Å²) < 4.78 is 56.0. The number of benzene rings is 2. The molecule has 0 aromatic heterocycles. The lowest BCUT2D eigenvalue weighted by molar-refractivity contribution is -0.143. The third-order valence-electron chi connectivity index (χ3n) is 3.70. The van der Waals surface area contributed by atoms with Gasteiger partial charge in [0.1, 0.15) is 5.82 Å². The van der Waals surface area contributed by atoms with E-state index < -0.39 is 36.0 Å². The van der Waals surface area contributed by atoms with Crippen LogP contribution in [0.4, 0.5) is 17.6 Å². The average Bonchev–Trinajstić information content (AvgIpc) is 2.65. The van der Waals surface area contributed by atoms with Gasteiger partial charge in [-0.2, -0.15) is 13.2 Å². The van der Waals surface area contributed by atoms with E-state index in [1.807, 2.05) is 0 Å². The monoisotopic (exact) mass is 395 g/mol. The fourth-order valence-corrected chi connectivity index (χ4v) is 2.17. The number of rotatable bonds is 6. The molecule has 0 aliphatic heterocycles. The molecule has 148 valence electrons. The lowest BCUT2D eigenvalue weighted by Crippen LogP contribution is -2.28. The Bertz CT molecular complexity index is 891. The first-order valence-electron chi connectivity index (χ1n) is 8.19. The number of amides is 1. The molecule has 8 heteroatoms. The quantitative estimate of drug-likeness (QED) is 0.457. The van der Waals surface area contributed by atoms with Crippen molar-refractivity contribution in [3.05, 3.63) is 76.6 Å². The molecular formula is C20H17F4NO3. The number of nitrogens with one attached hydrogen (secondary N) is 1. The Labute approximate surface area is 158 Å². The highest BCUT2D eigenvalue weighted by molar-refractivity contribution is 5.89. The van der Waals surface area contributed by atoms with Crippen LogP contribution in [-0.2, 0) is 27.0 Å². The van der Waals surface area contributed by atoms with Crippen molar-refractivity contribution in [3.8, 4) is 0 Å². The number of ether oxygens (including phenoxy) is 1. The topological polar surface area (TPSA) is 55.4 Å². The second kappa shape index (κ2) is 9.16. The second-order valence-electron chi connectivity index (χ2n) is 5.92. The Morgan fingerprint density at radius 2 is 1.89 bits per heavy atom. The molecule has 0 aliphatic rings. The Morgan fingerprint density at radius 3 is 2.57 bits per heavy atom. The Kier molecular flexibility index (Phi) is 6.92. The molecule has 1 N–H and O–H groups in total. The predicted molar refractivity (Wildman–Crippen MR) is 94.4 cm³/mol. The standard InChI is InChI=1S/C20H17F4NO3/c1-13-5-6-15(10-17(13)21)11-25-18(26)12-28-19(27)8-7-14-3-2-4-16(9-14)20(22,23)24/h2-10H,11-12H2,1H3,(H,25,26)/b8-7+. The zero-order valence-corrected chi connectivity index (χ0v) is 14.8. The lowest BCUT2D eigenvalue weighted by Gasteiger charge is -2.07. The second-order valence-corrected chi connectivity index (χ2v) is 5.92. The molecule has 0 unspecified atom stereocenters. The van der Waals surface area contributed by atoms with Gasteiger partial charge in [-0.15, -0.1) is 0 Å². The van der Waals surface area contributed by atoms with Gasteiger partial charge in [-0.3, -0.25) is 4.79 Å². The smallest absolute Gasteiger partial charge is 0.416 e. The zero-order valence-electron chi connectivity index (χ0n) is 14.8. The van der Waals surface area contributed by atoms with Crippen molar-refractivity contribution in [1.29, 1.82) is 0 Å². The number of halogens is 4. The largest absolute Gasteiger partial charge is 0.452 e. The van der Waals surface area contributed by atoms with E-state index in [1.165, 1.54) is 18.2 Å². The van der Waals surface area contributed by atoms with Crippen LogP contribution in [0.3, 0.4) is 0 Å². The molecule has 0 aliphatic carbocycles. The molecule has 2 rings (SSSR count). The van der Waals surface area contributed by atoms with Crippen LogP contribution >= 0.6 is 0 Å². The molecule has 2 aromatic carbocycles. The fraction of sp³-hybridized carbons (Fsp3) is 0.200. The van der Waals surface area contributed by atoms with Gasteiger partial charge in [0, 0.05) is 12.6 Å². The maximum Gasteiger partial charge on any atom is 0.416 e. The number of aryl methyl sites for hydroxylation is 1. The van der Waals surface area contributed by atoms with Gasteiger partial charge in [0.2, 0.25) is 0 Å². The minimum Gasteiger partial charge on any atom is -0.452 e. The Hall–Kier alpha value is -3.16. The van der Waals surface area contributed by atoms with E-state index in [0.29, 0.717) is 11.1 Å². The number of esters is 1. The van der Waals surface area contributed by atoms with Gasteiger partial charge in [0.25, 0.3) is 5.91 Å². The molecule has 0 heterocycles. The van der Waals surface area contributed by atoms with E-state index in [-0.39, 0.29) is 12.1 Å². The van der Waals surface area contributed by atoms with Crippen LogP contribution in [-0.4, -0.2) is 18.5 Å². The molecule has 0 saturated carbocycles. The van der Waals surface area contributed by atoms with E-state index in [9.17, 15) is 27.2 Å². The van der Waals surface area contributed by atoms with E-state index in [4.69, 9.17) is 4.74 Å². The van der Waals surface area contributed by atoms with Gasteiger partial charge in [-0.05, 0) is 47.9 Å². The fourth-order valence-electron chi connectivity index (χ4n) is 2.17. The van der Waals surface area contributed by atoms with Gasteiger partial charge in [-0.25, -0.2) is 9.18 Å². The first kappa shape index (κ1) is 21.1. The maximum absolute atomic E-state index is 13.4. The van der Waals surface area contributed by atoms with Crippen LogP contribution in [0, 0.1) is 12.7 Å². The SMILES string of the molecule is Cc1ccc(CNC(=O)COC(=O)/C=C/c2cccc(C(F)(F)F)c2)cc1F. The number of carbonyl (C=O) groups excluding carboxylic acids is 2. The molecular weight excluding hydrogens is 378 g/mol. The summed E-state index contributed by atoms with van der Waals surface area (Å²) in [6.45, 7) is 1.11. The summed E-state index contributed by atoms with van der Waals surface area (Å²) >= 11 is 0. The van der Waals surface area contributed by atoms with Gasteiger partial charge < -0.3 is 10.1 Å². The van der Waals surface area contributed by atoms with E-state index in [0.717, 1.165) is 24.3 Å². The van der Waals surface area contributed by atoms with E-state index >= 15 is 0 Å². The molecule has 0 fully saturated rings. The number of hydrogen-bond donors (Lipinski definition) is 1. The van der Waals surface area contributed by atoms with Crippen molar-refractivity contribution in [1.82, 2.24) is 5.32 Å². The summed E-state index contributed by atoms with van der Waals surface area (Å²) in [6, 6.07) is 8.94. The summed E-state index contributed by atoms with van der Waals surface area (Å²) in [7, 11) is 0. The van der Waals surface area contributed by atoms with Crippen LogP contribution in [0.2, 0.25) is 0 Å². The highest BCUT2D eigenvalue weighted by Crippen LogP contribution is 2.29. The molecule has 0 radical (unpaired) electrons. The van der Waals surface area contributed by atoms with Crippen molar-refractivity contribution in [2.45, 2.75) is 19.6 Å². The summed E-state index contributed by atoms with van der Waals surface area (Å²) in [5.74, 6) is -1.87. The summed E-state index contributed by atoms with van der Waals surface area (Å²) in [5, 5.41) is 2.47. The lowest BCUT2D eigenvalue weighted by atomic mass is 10.1. The molecule has 1 amide bonds. The van der Waals surface area contributed by atoms with Crippen LogP contribution in [0.15, 0.2) is 48.5 Å². The third kappa shape index (κ3) is 6.53. The van der Waals surface area contributed by atoms with Crippen LogP contribution in [0.1, 0.15) is 22.3 Å². The number of alkyl halides is 3. The predicted octanol–water partition coefficient (Wildman–Crippen LogP) is 4.03. The summed E-state index contributed by atoms with van der Waals surface area (Å²) in [4.78, 5) is 23.3. The number of carbonyl (C=O) groups is 2. The van der Waals surface area contributed by atoms with Crippen molar-refractivity contribution in [2.75, 3.05) is 6.61 Å². The van der Waals surface area contributed by atoms with Gasteiger partial charge >= 0.3 is 12.1 Å². The van der Waals surface area contributed by atoms with E-state index in [2.05, 4.69) is 5.32 Å². The van der Waals surface area contributed by atoms with Gasteiger partial charge in [0.05, 0.1) is 5.56 Å². The highest BCUT2D eigenvalue weighted by Gasteiger charge is 2.30. The molecule has 28 heavy (non-hydrogen) atoms. The molecule has 0 spiro atoms. The van der Waals surface area contributed by atoms with Gasteiger partial charge in [0.15, 0.2) is 6.61 Å². The Balaban J connectivity index is 1.80. The Morgan fingerprint density at radius 1 is 1.14 bits per heavy atom. The molecule has 0 bridgehead atoms. The normalized spacial score (nSPS) is 11.5. The van der Waals surface area contributed by atoms with E-state index in [1.54, 1.807) is 19.1 Å². The van der Waals surface area contributed by atoms with Crippen LogP contribution < -0.4 is 5.32 Å². The first-order chi connectivity index (χ1) is 13.1. The van der Waals surface area contributed by atoms with Crippen molar-refractivity contribution in [2.24, 2.45) is 0 Å². The molecule has 0 saturated heterocycles. The highest BCUT2D eigenvalue weighted by atomic mass is 19.4.